The largest absolute Gasteiger partial charge is 0.430 e. The number of para-hydroxylation sites is 1. The van der Waals surface area contributed by atoms with Gasteiger partial charge in [-0.05, 0) is 13.0 Å². The Kier molecular flexibility index (Phi) is 3.91. The third kappa shape index (κ3) is 2.45. The molecule has 20 heavy (non-hydrogen) atoms. The van der Waals surface area contributed by atoms with E-state index in [-0.39, 0.29) is 28.9 Å². The number of aliphatic hydroxyl groups is 1. The topological polar surface area (TPSA) is 90.4 Å². The number of aryl methyl sites for hydroxylation is 2. The van der Waals surface area contributed by atoms with Gasteiger partial charge in [-0.25, -0.2) is 4.68 Å². The fourth-order valence-corrected chi connectivity index (χ4v) is 2.04. The Balaban J connectivity index is 2.53. The summed E-state index contributed by atoms with van der Waals surface area (Å²) in [4.78, 5) is 10.4. The van der Waals surface area contributed by atoms with Crippen molar-refractivity contribution in [1.29, 1.82) is 0 Å². The first-order chi connectivity index (χ1) is 9.45. The van der Waals surface area contributed by atoms with Gasteiger partial charge in [0.25, 0.3) is 0 Å². The molecule has 8 heteroatoms. The average molecular weight is 298 g/mol. The van der Waals surface area contributed by atoms with Gasteiger partial charge < -0.3 is 9.84 Å². The van der Waals surface area contributed by atoms with Gasteiger partial charge in [0.2, 0.25) is 11.6 Å². The summed E-state index contributed by atoms with van der Waals surface area (Å²) < 4.78 is 6.94. The molecule has 0 bridgehead atoms. The van der Waals surface area contributed by atoms with E-state index < -0.39 is 4.92 Å². The molecule has 2 aromatic rings. The van der Waals surface area contributed by atoms with E-state index in [1.807, 2.05) is 0 Å². The second-order valence-electron chi connectivity index (χ2n) is 4.10. The number of aliphatic hydroxyl groups excluding tert-OH is 1. The van der Waals surface area contributed by atoms with Gasteiger partial charge in [-0.3, -0.25) is 10.1 Å². The summed E-state index contributed by atoms with van der Waals surface area (Å²) >= 11 is 5.96. The minimum atomic E-state index is -0.580. The number of aromatic nitrogens is 2. The van der Waals surface area contributed by atoms with Gasteiger partial charge in [-0.1, -0.05) is 17.7 Å². The molecule has 0 aliphatic rings. The van der Waals surface area contributed by atoms with Crippen LogP contribution in [0.3, 0.4) is 0 Å². The van der Waals surface area contributed by atoms with Crippen LogP contribution >= 0.6 is 11.6 Å². The third-order valence-corrected chi connectivity index (χ3v) is 3.09. The molecule has 106 valence electrons. The monoisotopic (exact) mass is 297 g/mol. The summed E-state index contributed by atoms with van der Waals surface area (Å²) in [5.74, 6) is 0.151. The number of ether oxygens (including phenoxy) is 1. The Bertz CT molecular complexity index is 669. The van der Waals surface area contributed by atoms with Crippen molar-refractivity contribution >= 4 is 17.3 Å². The zero-order valence-electron chi connectivity index (χ0n) is 10.8. The van der Waals surface area contributed by atoms with E-state index in [0.29, 0.717) is 11.3 Å². The van der Waals surface area contributed by atoms with E-state index in [0.717, 1.165) is 0 Å². The normalized spacial score (nSPS) is 10.6. The van der Waals surface area contributed by atoms with Crippen LogP contribution in [0.2, 0.25) is 5.02 Å². The third-order valence-electron chi connectivity index (χ3n) is 2.79. The standard InChI is InChI=1S/C12H12ClN3O4/c1-7-8(6-17)12(15(2)14-7)20-11-9(13)4-3-5-10(11)16(18)19/h3-5,17H,6H2,1-2H3. The van der Waals surface area contributed by atoms with E-state index in [1.165, 1.54) is 22.9 Å². The molecule has 7 nitrogen and oxygen atoms in total. The summed E-state index contributed by atoms with van der Waals surface area (Å²) in [6.07, 6.45) is 0. The molecule has 0 atom stereocenters. The molecule has 0 aliphatic carbocycles. The van der Waals surface area contributed by atoms with Gasteiger partial charge >= 0.3 is 5.69 Å². The van der Waals surface area contributed by atoms with Gasteiger partial charge in [0.1, 0.15) is 0 Å². The predicted octanol–water partition coefficient (Wildman–Crippen LogP) is 2.57. The van der Waals surface area contributed by atoms with Crippen LogP contribution in [0.4, 0.5) is 5.69 Å². The summed E-state index contributed by atoms with van der Waals surface area (Å²) in [6.45, 7) is 1.42. The number of benzene rings is 1. The van der Waals surface area contributed by atoms with Crippen LogP contribution in [0.1, 0.15) is 11.3 Å². The fourth-order valence-electron chi connectivity index (χ4n) is 1.83. The molecule has 0 unspecified atom stereocenters. The number of nitro groups is 1. The lowest BCUT2D eigenvalue weighted by Crippen LogP contribution is -2.00. The van der Waals surface area contributed by atoms with Gasteiger partial charge in [-0.2, -0.15) is 5.10 Å². The van der Waals surface area contributed by atoms with E-state index in [1.54, 1.807) is 14.0 Å². The molecule has 1 aromatic heterocycles. The number of halogens is 1. The van der Waals surface area contributed by atoms with Crippen molar-refractivity contribution in [2.75, 3.05) is 0 Å². The van der Waals surface area contributed by atoms with Crippen LogP contribution in [0.5, 0.6) is 11.6 Å². The Morgan fingerprint density at radius 3 is 2.85 bits per heavy atom. The summed E-state index contributed by atoms with van der Waals surface area (Å²) in [7, 11) is 1.62. The highest BCUT2D eigenvalue weighted by molar-refractivity contribution is 6.32. The molecule has 0 saturated carbocycles. The van der Waals surface area contributed by atoms with Gasteiger partial charge in [0.05, 0.1) is 27.8 Å². The van der Waals surface area contributed by atoms with E-state index in [2.05, 4.69) is 5.10 Å². The summed E-state index contributed by atoms with van der Waals surface area (Å²) in [5, 5.41) is 24.6. The highest BCUT2D eigenvalue weighted by Crippen LogP contribution is 2.39. The van der Waals surface area contributed by atoms with Crippen LogP contribution in [-0.4, -0.2) is 19.8 Å². The smallest absolute Gasteiger partial charge is 0.313 e. The van der Waals surface area contributed by atoms with Crippen molar-refractivity contribution < 1.29 is 14.8 Å². The number of rotatable bonds is 4. The first-order valence-corrected chi connectivity index (χ1v) is 6.07. The molecule has 0 amide bonds. The van der Waals surface area contributed by atoms with Crippen molar-refractivity contribution in [2.24, 2.45) is 7.05 Å². The zero-order chi connectivity index (χ0) is 14.9. The maximum Gasteiger partial charge on any atom is 0.313 e. The van der Waals surface area contributed by atoms with Gasteiger partial charge in [0, 0.05) is 13.1 Å². The Hall–Kier alpha value is -2.12. The van der Waals surface area contributed by atoms with Crippen molar-refractivity contribution in [1.82, 2.24) is 9.78 Å². The van der Waals surface area contributed by atoms with Crippen LogP contribution < -0.4 is 4.74 Å². The predicted molar refractivity (Wildman–Crippen MR) is 72.0 cm³/mol. The van der Waals surface area contributed by atoms with E-state index >= 15 is 0 Å². The number of nitrogens with zero attached hydrogens (tertiary/aromatic N) is 3. The SMILES string of the molecule is Cc1nn(C)c(Oc2c(Cl)cccc2[N+](=O)[O-])c1CO. The Morgan fingerprint density at radius 2 is 2.25 bits per heavy atom. The average Bonchev–Trinajstić information content (AvgIpc) is 2.65. The Morgan fingerprint density at radius 1 is 1.55 bits per heavy atom. The van der Waals surface area contributed by atoms with Crippen molar-refractivity contribution in [3.8, 4) is 11.6 Å². The zero-order valence-corrected chi connectivity index (χ0v) is 11.6. The maximum atomic E-state index is 11.0. The van der Waals surface area contributed by atoms with Crippen molar-refractivity contribution in [2.45, 2.75) is 13.5 Å². The van der Waals surface area contributed by atoms with Crippen LogP contribution in [0.15, 0.2) is 18.2 Å². The molecular weight excluding hydrogens is 286 g/mol. The molecule has 2 rings (SSSR count). The first-order valence-electron chi connectivity index (χ1n) is 5.69. The second kappa shape index (κ2) is 5.48. The lowest BCUT2D eigenvalue weighted by Gasteiger charge is -2.09. The molecule has 1 aromatic carbocycles. The van der Waals surface area contributed by atoms with Crippen LogP contribution in [0, 0.1) is 17.0 Å². The maximum absolute atomic E-state index is 11.0. The van der Waals surface area contributed by atoms with Crippen LogP contribution in [-0.2, 0) is 13.7 Å². The van der Waals surface area contributed by atoms with Crippen molar-refractivity contribution in [3.05, 3.63) is 44.6 Å². The highest BCUT2D eigenvalue weighted by atomic mass is 35.5. The summed E-state index contributed by atoms with van der Waals surface area (Å²) in [6, 6.07) is 4.25. The minimum Gasteiger partial charge on any atom is -0.430 e. The molecule has 0 saturated heterocycles. The Labute approximate surface area is 119 Å². The van der Waals surface area contributed by atoms with E-state index in [9.17, 15) is 15.2 Å². The van der Waals surface area contributed by atoms with Gasteiger partial charge in [0.15, 0.2) is 0 Å². The molecule has 0 fully saturated rings. The van der Waals surface area contributed by atoms with E-state index in [4.69, 9.17) is 16.3 Å². The lowest BCUT2D eigenvalue weighted by atomic mass is 10.2. The molecule has 0 spiro atoms. The number of hydrogen-bond donors (Lipinski definition) is 1. The summed E-state index contributed by atoms with van der Waals surface area (Å²) in [5.41, 5.74) is 0.793. The quantitative estimate of drug-likeness (QED) is 0.692. The fraction of sp³-hybridized carbons (Fsp3) is 0.250. The minimum absolute atomic E-state index is 0.0723. The first kappa shape index (κ1) is 14.3. The second-order valence-corrected chi connectivity index (χ2v) is 4.51. The molecular formula is C12H12ClN3O4. The van der Waals surface area contributed by atoms with Crippen molar-refractivity contribution in [3.63, 3.8) is 0 Å². The molecule has 0 aliphatic heterocycles. The van der Waals surface area contributed by atoms with Crippen LogP contribution in [0.25, 0.3) is 0 Å². The van der Waals surface area contributed by atoms with Gasteiger partial charge in [-0.15, -0.1) is 0 Å². The number of hydrogen-bond acceptors (Lipinski definition) is 5. The highest BCUT2D eigenvalue weighted by Gasteiger charge is 2.23. The molecule has 1 heterocycles. The number of nitro benzene ring substituents is 1. The lowest BCUT2D eigenvalue weighted by molar-refractivity contribution is -0.385. The molecule has 1 N–H and O–H groups in total. The molecule has 0 radical (unpaired) electrons.